The van der Waals surface area contributed by atoms with Crippen molar-refractivity contribution in [3.8, 4) is 0 Å². The van der Waals surface area contributed by atoms with Crippen molar-refractivity contribution in [2.24, 2.45) is 0 Å². The van der Waals surface area contributed by atoms with E-state index in [4.69, 9.17) is 4.74 Å². The van der Waals surface area contributed by atoms with Gasteiger partial charge < -0.3 is 4.74 Å². The molecule has 0 atom stereocenters. The molecule has 2 nitrogen and oxygen atoms in total. The summed E-state index contributed by atoms with van der Waals surface area (Å²) in [6.07, 6.45) is 0.118. The smallest absolute Gasteiger partial charge is 0.310 e. The Kier molecular flexibility index (Phi) is 4.93. The van der Waals surface area contributed by atoms with E-state index in [1.54, 1.807) is 6.92 Å². The summed E-state index contributed by atoms with van der Waals surface area (Å²) in [5.41, 5.74) is 2.48. The molecule has 1 aromatic rings. The summed E-state index contributed by atoms with van der Waals surface area (Å²) in [6, 6.07) is 2.85. The number of ether oxygens (including phenoxy) is 1. The van der Waals surface area contributed by atoms with E-state index in [9.17, 15) is 9.18 Å². The van der Waals surface area contributed by atoms with Crippen LogP contribution in [0.25, 0.3) is 0 Å². The Morgan fingerprint density at radius 1 is 1.50 bits per heavy atom. The molecule has 1 rings (SSSR count). The van der Waals surface area contributed by atoms with Gasteiger partial charge in [-0.2, -0.15) is 0 Å². The predicted molar refractivity (Wildman–Crippen MR) is 64.1 cm³/mol. The van der Waals surface area contributed by atoms with Crippen LogP contribution in [0.4, 0.5) is 4.39 Å². The van der Waals surface area contributed by atoms with Gasteiger partial charge in [0.1, 0.15) is 5.82 Å². The Labute approximate surface area is 103 Å². The average Bonchev–Trinajstić information content (AvgIpc) is 2.17. The summed E-state index contributed by atoms with van der Waals surface area (Å²) in [6.45, 7) is 3.92. The van der Waals surface area contributed by atoms with Crippen molar-refractivity contribution in [2.45, 2.75) is 25.6 Å². The molecule has 0 aromatic heterocycles. The Hall–Kier alpha value is -0.900. The number of halogens is 2. The van der Waals surface area contributed by atoms with E-state index in [0.29, 0.717) is 17.5 Å². The summed E-state index contributed by atoms with van der Waals surface area (Å²) in [5, 5.41) is 0.605. The van der Waals surface area contributed by atoms with Crippen LogP contribution < -0.4 is 0 Å². The van der Waals surface area contributed by atoms with Gasteiger partial charge in [0.05, 0.1) is 13.0 Å². The van der Waals surface area contributed by atoms with Crippen molar-refractivity contribution >= 4 is 21.9 Å². The number of rotatable bonds is 4. The van der Waals surface area contributed by atoms with Gasteiger partial charge >= 0.3 is 5.97 Å². The number of hydrogen-bond acceptors (Lipinski definition) is 2. The molecular weight excluding hydrogens is 275 g/mol. The van der Waals surface area contributed by atoms with Gasteiger partial charge in [-0.15, -0.1) is 0 Å². The summed E-state index contributed by atoms with van der Waals surface area (Å²) in [5.74, 6) is -0.642. The minimum Gasteiger partial charge on any atom is -0.466 e. The first-order valence-electron chi connectivity index (χ1n) is 5.08. The lowest BCUT2D eigenvalue weighted by Gasteiger charge is -2.10. The number of esters is 1. The van der Waals surface area contributed by atoms with Crippen molar-refractivity contribution in [3.05, 3.63) is 34.6 Å². The molecule has 88 valence electrons. The predicted octanol–water partition coefficient (Wildman–Crippen LogP) is 3.13. The van der Waals surface area contributed by atoms with E-state index in [0.717, 1.165) is 11.1 Å². The Balaban J connectivity index is 2.97. The molecule has 0 fully saturated rings. The van der Waals surface area contributed by atoms with Crippen LogP contribution in [0.15, 0.2) is 12.1 Å². The maximum absolute atomic E-state index is 13.2. The molecule has 0 amide bonds. The molecule has 16 heavy (non-hydrogen) atoms. The first-order valence-corrected chi connectivity index (χ1v) is 6.20. The highest BCUT2D eigenvalue weighted by Gasteiger charge is 2.11. The zero-order chi connectivity index (χ0) is 12.1. The summed E-state index contributed by atoms with van der Waals surface area (Å²) in [4.78, 5) is 11.3. The fraction of sp³-hybridized carbons (Fsp3) is 0.417. The van der Waals surface area contributed by atoms with Crippen molar-refractivity contribution in [1.29, 1.82) is 0 Å². The van der Waals surface area contributed by atoms with Crippen LogP contribution in [0.2, 0.25) is 0 Å². The van der Waals surface area contributed by atoms with E-state index in [-0.39, 0.29) is 18.2 Å². The second-order valence-electron chi connectivity index (χ2n) is 3.48. The molecule has 0 aliphatic carbocycles. The lowest BCUT2D eigenvalue weighted by atomic mass is 10.0. The van der Waals surface area contributed by atoms with Crippen molar-refractivity contribution in [3.63, 3.8) is 0 Å². The summed E-state index contributed by atoms with van der Waals surface area (Å²) >= 11 is 3.34. The van der Waals surface area contributed by atoms with Crippen molar-refractivity contribution < 1.29 is 13.9 Å². The first kappa shape index (κ1) is 13.2. The lowest BCUT2D eigenvalue weighted by Crippen LogP contribution is -2.10. The third kappa shape index (κ3) is 3.30. The molecule has 0 bridgehead atoms. The normalized spacial score (nSPS) is 10.2. The second kappa shape index (κ2) is 5.99. The summed E-state index contributed by atoms with van der Waals surface area (Å²) in [7, 11) is 0. The molecule has 4 heteroatoms. The molecule has 0 aliphatic heterocycles. The molecule has 0 aliphatic rings. The highest BCUT2D eigenvalue weighted by Crippen LogP contribution is 2.20. The maximum Gasteiger partial charge on any atom is 0.310 e. The fourth-order valence-corrected chi connectivity index (χ4v) is 2.36. The third-order valence-corrected chi connectivity index (χ3v) is 2.86. The Morgan fingerprint density at radius 3 is 2.75 bits per heavy atom. The molecule has 0 saturated heterocycles. The quantitative estimate of drug-likeness (QED) is 0.629. The van der Waals surface area contributed by atoms with Gasteiger partial charge in [-0.25, -0.2) is 4.39 Å². The number of aryl methyl sites for hydroxylation is 1. The standard InChI is InChI=1S/C12H14BrFO2/c1-3-16-12(15)6-9-5-10(14)4-8(2)11(9)7-13/h4-5H,3,6-7H2,1-2H3. The van der Waals surface area contributed by atoms with Gasteiger partial charge in [0.25, 0.3) is 0 Å². The van der Waals surface area contributed by atoms with E-state index in [2.05, 4.69) is 15.9 Å². The molecule has 0 radical (unpaired) electrons. The largest absolute Gasteiger partial charge is 0.466 e. The molecule has 0 N–H and O–H groups in total. The molecule has 0 unspecified atom stereocenters. The summed E-state index contributed by atoms with van der Waals surface area (Å²) < 4.78 is 18.1. The molecule has 0 heterocycles. The minimum atomic E-state index is -0.324. The SMILES string of the molecule is CCOC(=O)Cc1cc(F)cc(C)c1CBr. The minimum absolute atomic E-state index is 0.118. The zero-order valence-electron chi connectivity index (χ0n) is 9.35. The van der Waals surface area contributed by atoms with Gasteiger partial charge in [-0.05, 0) is 42.7 Å². The van der Waals surface area contributed by atoms with Gasteiger partial charge in [-0.3, -0.25) is 4.79 Å². The van der Waals surface area contributed by atoms with Crippen LogP contribution in [0, 0.1) is 12.7 Å². The topological polar surface area (TPSA) is 26.3 Å². The second-order valence-corrected chi connectivity index (χ2v) is 4.04. The molecular formula is C12H14BrFO2. The van der Waals surface area contributed by atoms with Crippen LogP contribution in [0.5, 0.6) is 0 Å². The molecule has 0 saturated carbocycles. The number of hydrogen-bond donors (Lipinski definition) is 0. The Bertz CT molecular complexity index is 391. The van der Waals surface area contributed by atoms with Crippen LogP contribution >= 0.6 is 15.9 Å². The average molecular weight is 289 g/mol. The van der Waals surface area contributed by atoms with E-state index in [1.165, 1.54) is 12.1 Å². The number of alkyl halides is 1. The zero-order valence-corrected chi connectivity index (χ0v) is 10.9. The van der Waals surface area contributed by atoms with Gasteiger partial charge in [0.15, 0.2) is 0 Å². The van der Waals surface area contributed by atoms with Crippen molar-refractivity contribution in [2.75, 3.05) is 6.61 Å². The number of carbonyl (C=O) groups is 1. The number of carbonyl (C=O) groups excluding carboxylic acids is 1. The molecule has 1 aromatic carbocycles. The number of benzene rings is 1. The van der Waals surface area contributed by atoms with Gasteiger partial charge in [0.2, 0.25) is 0 Å². The van der Waals surface area contributed by atoms with Crippen LogP contribution in [0.1, 0.15) is 23.6 Å². The highest BCUT2D eigenvalue weighted by atomic mass is 79.9. The Morgan fingerprint density at radius 2 is 2.19 bits per heavy atom. The van der Waals surface area contributed by atoms with E-state index < -0.39 is 0 Å². The lowest BCUT2D eigenvalue weighted by molar-refractivity contribution is -0.142. The maximum atomic E-state index is 13.2. The van der Waals surface area contributed by atoms with Gasteiger partial charge in [0, 0.05) is 5.33 Å². The highest BCUT2D eigenvalue weighted by molar-refractivity contribution is 9.08. The van der Waals surface area contributed by atoms with E-state index in [1.807, 2.05) is 6.92 Å². The molecule has 0 spiro atoms. The van der Waals surface area contributed by atoms with Gasteiger partial charge in [-0.1, -0.05) is 15.9 Å². The van der Waals surface area contributed by atoms with Crippen LogP contribution in [0.3, 0.4) is 0 Å². The third-order valence-electron chi connectivity index (χ3n) is 2.30. The monoisotopic (exact) mass is 288 g/mol. The first-order chi connectivity index (χ1) is 7.58. The van der Waals surface area contributed by atoms with Crippen molar-refractivity contribution in [1.82, 2.24) is 0 Å². The van der Waals surface area contributed by atoms with Crippen LogP contribution in [-0.2, 0) is 21.3 Å². The van der Waals surface area contributed by atoms with Crippen LogP contribution in [-0.4, -0.2) is 12.6 Å². The van der Waals surface area contributed by atoms with E-state index >= 15 is 0 Å². The fourth-order valence-electron chi connectivity index (χ4n) is 1.56.